The summed E-state index contributed by atoms with van der Waals surface area (Å²) < 4.78 is 44.6. The SMILES string of the molecule is COc1cc(CO)c(I)nc1OC(F)(F)F. The fourth-order valence-corrected chi connectivity index (χ4v) is 1.48. The normalized spacial score (nSPS) is 11.4. The van der Waals surface area contributed by atoms with Gasteiger partial charge in [-0.3, -0.25) is 0 Å². The molecule has 1 aromatic heterocycles. The van der Waals surface area contributed by atoms with E-state index in [1.54, 1.807) is 22.6 Å². The number of aliphatic hydroxyl groups excluding tert-OH is 1. The molecule has 0 aromatic carbocycles. The zero-order valence-corrected chi connectivity index (χ0v) is 10.2. The van der Waals surface area contributed by atoms with Crippen LogP contribution >= 0.6 is 22.6 Å². The van der Waals surface area contributed by atoms with Crippen LogP contribution in [-0.2, 0) is 6.61 Å². The summed E-state index contributed by atoms with van der Waals surface area (Å²) >= 11 is 1.70. The van der Waals surface area contributed by atoms with Gasteiger partial charge in [-0.25, -0.2) is 4.98 Å². The monoisotopic (exact) mass is 349 g/mol. The van der Waals surface area contributed by atoms with Crippen molar-refractivity contribution >= 4 is 22.6 Å². The van der Waals surface area contributed by atoms with Gasteiger partial charge in [0.2, 0.25) is 0 Å². The number of pyridine rings is 1. The molecule has 4 nitrogen and oxygen atoms in total. The van der Waals surface area contributed by atoms with Crippen molar-refractivity contribution in [1.29, 1.82) is 0 Å². The Balaban J connectivity index is 3.13. The fourth-order valence-electron chi connectivity index (χ4n) is 0.935. The molecular weight excluding hydrogens is 342 g/mol. The first-order chi connectivity index (χ1) is 7.37. The molecule has 90 valence electrons. The topological polar surface area (TPSA) is 51.6 Å². The Morgan fingerprint density at radius 1 is 1.50 bits per heavy atom. The highest BCUT2D eigenvalue weighted by Gasteiger charge is 2.33. The second kappa shape index (κ2) is 5.04. The van der Waals surface area contributed by atoms with Crippen LogP contribution in [0, 0.1) is 3.70 Å². The van der Waals surface area contributed by atoms with Crippen molar-refractivity contribution in [3.8, 4) is 11.6 Å². The first-order valence-corrected chi connectivity index (χ1v) is 5.05. The zero-order chi connectivity index (χ0) is 12.3. The summed E-state index contributed by atoms with van der Waals surface area (Å²) in [7, 11) is 1.19. The van der Waals surface area contributed by atoms with Crippen LogP contribution in [0.3, 0.4) is 0 Å². The van der Waals surface area contributed by atoms with Gasteiger partial charge in [0, 0.05) is 5.56 Å². The van der Waals surface area contributed by atoms with Gasteiger partial charge < -0.3 is 14.6 Å². The molecule has 0 aliphatic rings. The molecule has 0 bridgehead atoms. The van der Waals surface area contributed by atoms with E-state index in [0.717, 1.165) is 0 Å². The second-order valence-corrected chi connectivity index (χ2v) is 3.67. The van der Waals surface area contributed by atoms with Crippen LogP contribution < -0.4 is 9.47 Å². The van der Waals surface area contributed by atoms with Crippen LogP contribution in [0.25, 0.3) is 0 Å². The molecule has 8 heteroatoms. The average molecular weight is 349 g/mol. The van der Waals surface area contributed by atoms with Gasteiger partial charge in [0.1, 0.15) is 3.70 Å². The summed E-state index contributed by atoms with van der Waals surface area (Å²) in [5, 5.41) is 8.90. The minimum Gasteiger partial charge on any atom is -0.491 e. The summed E-state index contributed by atoms with van der Waals surface area (Å²) in [5.74, 6) is -0.849. The maximum atomic E-state index is 12.0. The third-order valence-electron chi connectivity index (χ3n) is 1.58. The Hall–Kier alpha value is -0.770. The molecule has 1 heterocycles. The molecule has 0 aliphatic carbocycles. The van der Waals surface area contributed by atoms with Gasteiger partial charge in [-0.2, -0.15) is 0 Å². The lowest BCUT2D eigenvalue weighted by atomic mass is 10.3. The quantitative estimate of drug-likeness (QED) is 0.671. The smallest absolute Gasteiger partial charge is 0.491 e. The van der Waals surface area contributed by atoms with Gasteiger partial charge in [0.15, 0.2) is 5.75 Å². The lowest BCUT2D eigenvalue weighted by Gasteiger charge is -2.12. The predicted octanol–water partition coefficient (Wildman–Crippen LogP) is 2.09. The third kappa shape index (κ3) is 3.37. The summed E-state index contributed by atoms with van der Waals surface area (Å²) in [6.07, 6.45) is -4.83. The third-order valence-corrected chi connectivity index (χ3v) is 2.52. The van der Waals surface area contributed by atoms with Crippen LogP contribution in [0.2, 0.25) is 0 Å². The highest BCUT2D eigenvalue weighted by molar-refractivity contribution is 14.1. The van der Waals surface area contributed by atoms with Crippen LogP contribution in [0.5, 0.6) is 11.6 Å². The summed E-state index contributed by atoms with van der Waals surface area (Å²) in [6, 6.07) is 1.25. The van der Waals surface area contributed by atoms with Crippen LogP contribution in [0.1, 0.15) is 5.56 Å². The number of hydrogen-bond donors (Lipinski definition) is 1. The van der Waals surface area contributed by atoms with Gasteiger partial charge in [-0.1, -0.05) is 0 Å². The van der Waals surface area contributed by atoms with E-state index >= 15 is 0 Å². The van der Waals surface area contributed by atoms with Crippen LogP contribution in [-0.4, -0.2) is 23.6 Å². The number of methoxy groups -OCH3 is 1. The van der Waals surface area contributed by atoms with Gasteiger partial charge in [0.25, 0.3) is 5.88 Å². The number of alkyl halides is 3. The largest absolute Gasteiger partial charge is 0.574 e. The van der Waals surface area contributed by atoms with E-state index in [9.17, 15) is 13.2 Å². The first-order valence-electron chi connectivity index (χ1n) is 3.97. The molecule has 0 aliphatic heterocycles. The molecule has 0 spiro atoms. The average Bonchev–Trinajstić information content (AvgIpc) is 2.16. The standard InChI is InChI=1S/C8H7F3INO3/c1-15-5-2-4(3-14)6(12)13-7(5)16-8(9,10)11/h2,14H,3H2,1H3. The van der Waals surface area contributed by atoms with Crippen molar-refractivity contribution in [3.63, 3.8) is 0 Å². The number of nitrogens with zero attached hydrogens (tertiary/aromatic N) is 1. The number of aromatic nitrogens is 1. The van der Waals surface area contributed by atoms with Gasteiger partial charge in [0.05, 0.1) is 13.7 Å². The van der Waals surface area contributed by atoms with Gasteiger partial charge >= 0.3 is 6.36 Å². The van der Waals surface area contributed by atoms with Crippen molar-refractivity contribution in [2.24, 2.45) is 0 Å². The van der Waals surface area contributed by atoms with Crippen molar-refractivity contribution in [2.45, 2.75) is 13.0 Å². The Morgan fingerprint density at radius 3 is 2.56 bits per heavy atom. The Labute approximate surface area is 103 Å². The Bertz CT molecular complexity index is 384. The van der Waals surface area contributed by atoms with E-state index in [0.29, 0.717) is 5.56 Å². The maximum Gasteiger partial charge on any atom is 0.574 e. The number of halogens is 4. The van der Waals surface area contributed by atoms with Crippen LogP contribution in [0.4, 0.5) is 13.2 Å². The molecular formula is C8H7F3INO3. The number of rotatable bonds is 3. The lowest BCUT2D eigenvalue weighted by molar-refractivity contribution is -0.276. The highest BCUT2D eigenvalue weighted by Crippen LogP contribution is 2.32. The number of aliphatic hydroxyl groups is 1. The predicted molar refractivity (Wildman–Crippen MR) is 56.1 cm³/mol. The molecule has 0 atom stereocenters. The molecule has 0 unspecified atom stereocenters. The van der Waals surface area contributed by atoms with E-state index in [-0.39, 0.29) is 16.1 Å². The van der Waals surface area contributed by atoms with Crippen LogP contribution in [0.15, 0.2) is 6.07 Å². The summed E-state index contributed by atoms with van der Waals surface area (Å²) in [5.41, 5.74) is 0.368. The molecule has 1 N–H and O–H groups in total. The molecule has 16 heavy (non-hydrogen) atoms. The van der Waals surface area contributed by atoms with Crippen molar-refractivity contribution in [1.82, 2.24) is 4.98 Å². The van der Waals surface area contributed by atoms with E-state index in [1.807, 2.05) is 0 Å². The number of ether oxygens (including phenoxy) is 2. The fraction of sp³-hybridized carbons (Fsp3) is 0.375. The molecule has 0 amide bonds. The zero-order valence-electron chi connectivity index (χ0n) is 8.01. The minimum absolute atomic E-state index is 0.179. The van der Waals surface area contributed by atoms with E-state index in [2.05, 4.69) is 14.5 Å². The van der Waals surface area contributed by atoms with Gasteiger partial charge in [-0.15, -0.1) is 13.2 Å². The van der Waals surface area contributed by atoms with Gasteiger partial charge in [-0.05, 0) is 28.7 Å². The summed E-state index contributed by atoms with van der Waals surface area (Å²) in [4.78, 5) is 3.56. The molecule has 1 aromatic rings. The number of hydrogen-bond acceptors (Lipinski definition) is 4. The van der Waals surface area contributed by atoms with Crippen molar-refractivity contribution in [2.75, 3.05) is 7.11 Å². The first kappa shape index (κ1) is 13.3. The molecule has 0 radical (unpaired) electrons. The van der Waals surface area contributed by atoms with Crippen molar-refractivity contribution in [3.05, 3.63) is 15.3 Å². The van der Waals surface area contributed by atoms with E-state index in [4.69, 9.17) is 5.11 Å². The van der Waals surface area contributed by atoms with Crippen molar-refractivity contribution < 1.29 is 27.8 Å². The molecule has 0 saturated carbocycles. The Kier molecular flexibility index (Phi) is 4.19. The minimum atomic E-state index is -4.83. The second-order valence-electron chi connectivity index (χ2n) is 2.65. The highest BCUT2D eigenvalue weighted by atomic mass is 127. The Morgan fingerprint density at radius 2 is 2.12 bits per heavy atom. The lowest BCUT2D eigenvalue weighted by Crippen LogP contribution is -2.19. The van der Waals surface area contributed by atoms with E-state index in [1.165, 1.54) is 13.2 Å². The maximum absolute atomic E-state index is 12.0. The van der Waals surface area contributed by atoms with E-state index < -0.39 is 12.2 Å². The molecule has 0 saturated heterocycles. The molecule has 0 fully saturated rings. The summed E-state index contributed by atoms with van der Waals surface area (Å²) in [6.45, 7) is -0.339. The molecule has 1 rings (SSSR count).